The molecule has 84 valence electrons. The first-order valence-electron chi connectivity index (χ1n) is 4.54. The Bertz CT molecular complexity index is 476. The van der Waals surface area contributed by atoms with E-state index in [2.05, 4.69) is 15.2 Å². The smallest absolute Gasteiger partial charge is 0.218 e. The fraction of sp³-hybridized carbons (Fsp3) is 0.200. The Kier molecular flexibility index (Phi) is 2.96. The molecule has 2 rings (SSSR count). The third kappa shape index (κ3) is 2.09. The van der Waals surface area contributed by atoms with Gasteiger partial charge in [0.05, 0.1) is 14.2 Å². The Morgan fingerprint density at radius 2 is 1.75 bits per heavy atom. The van der Waals surface area contributed by atoms with Crippen molar-refractivity contribution in [3.63, 3.8) is 0 Å². The van der Waals surface area contributed by atoms with E-state index in [0.717, 1.165) is 5.56 Å². The van der Waals surface area contributed by atoms with Crippen molar-refractivity contribution in [2.45, 2.75) is 0 Å². The van der Waals surface area contributed by atoms with Gasteiger partial charge >= 0.3 is 0 Å². The molecule has 0 saturated carbocycles. The fourth-order valence-electron chi connectivity index (χ4n) is 1.31. The van der Waals surface area contributed by atoms with Crippen LogP contribution < -0.4 is 9.47 Å². The van der Waals surface area contributed by atoms with Crippen molar-refractivity contribution in [2.75, 3.05) is 14.2 Å². The van der Waals surface area contributed by atoms with Gasteiger partial charge < -0.3 is 9.47 Å². The second-order valence-electron chi connectivity index (χ2n) is 3.05. The predicted octanol–water partition coefficient (Wildman–Crippen LogP) is 2.14. The molecule has 2 aromatic rings. The van der Waals surface area contributed by atoms with Crippen LogP contribution >= 0.6 is 11.6 Å². The van der Waals surface area contributed by atoms with Crippen LogP contribution in [0.3, 0.4) is 0 Å². The van der Waals surface area contributed by atoms with E-state index in [1.807, 2.05) is 12.1 Å². The zero-order chi connectivity index (χ0) is 11.5. The maximum absolute atomic E-state index is 5.67. The molecule has 0 atom stereocenters. The molecule has 1 aromatic carbocycles. The molecule has 5 nitrogen and oxygen atoms in total. The minimum absolute atomic E-state index is 0.247. The normalized spacial score (nSPS) is 10.2. The van der Waals surface area contributed by atoms with Crippen molar-refractivity contribution in [2.24, 2.45) is 0 Å². The van der Waals surface area contributed by atoms with Crippen LogP contribution in [0.15, 0.2) is 18.2 Å². The van der Waals surface area contributed by atoms with Crippen LogP contribution in [0.2, 0.25) is 5.28 Å². The van der Waals surface area contributed by atoms with E-state index < -0.39 is 0 Å². The van der Waals surface area contributed by atoms with E-state index in [0.29, 0.717) is 17.3 Å². The van der Waals surface area contributed by atoms with E-state index in [4.69, 9.17) is 21.1 Å². The lowest BCUT2D eigenvalue weighted by molar-refractivity contribution is 0.394. The van der Waals surface area contributed by atoms with Crippen LogP contribution in [0, 0.1) is 0 Å². The van der Waals surface area contributed by atoms with E-state index in [1.54, 1.807) is 20.3 Å². The molecule has 0 aliphatic carbocycles. The molecule has 0 unspecified atom stereocenters. The number of aromatic nitrogens is 3. The average Bonchev–Trinajstić information content (AvgIpc) is 2.75. The first kappa shape index (κ1) is 10.8. The monoisotopic (exact) mass is 239 g/mol. The molecule has 0 aliphatic heterocycles. The summed E-state index contributed by atoms with van der Waals surface area (Å²) in [6, 6.07) is 5.39. The summed E-state index contributed by atoms with van der Waals surface area (Å²) in [5.74, 6) is 1.85. The van der Waals surface area contributed by atoms with Gasteiger partial charge in [0.15, 0.2) is 5.82 Å². The first-order valence-corrected chi connectivity index (χ1v) is 4.92. The number of halogens is 1. The Balaban J connectivity index is 2.47. The highest BCUT2D eigenvalue weighted by atomic mass is 35.5. The highest BCUT2D eigenvalue weighted by Gasteiger charge is 2.08. The van der Waals surface area contributed by atoms with Gasteiger partial charge in [0, 0.05) is 11.6 Å². The Hall–Kier alpha value is -1.75. The van der Waals surface area contributed by atoms with Crippen LogP contribution in [0.25, 0.3) is 11.4 Å². The van der Waals surface area contributed by atoms with E-state index in [-0.39, 0.29) is 5.28 Å². The zero-order valence-corrected chi connectivity index (χ0v) is 9.58. The van der Waals surface area contributed by atoms with Crippen molar-refractivity contribution in [1.29, 1.82) is 0 Å². The lowest BCUT2D eigenvalue weighted by Crippen LogP contribution is -1.89. The van der Waals surface area contributed by atoms with E-state index in [1.165, 1.54) is 0 Å². The van der Waals surface area contributed by atoms with Gasteiger partial charge in [-0.05, 0) is 23.7 Å². The number of hydrogen-bond donors (Lipinski definition) is 1. The molecule has 1 N–H and O–H groups in total. The number of methoxy groups -OCH3 is 2. The van der Waals surface area contributed by atoms with Crippen LogP contribution in [-0.4, -0.2) is 29.4 Å². The minimum atomic E-state index is 0.247. The topological polar surface area (TPSA) is 60.0 Å². The summed E-state index contributed by atoms with van der Waals surface area (Å²) in [4.78, 5) is 4.02. The Morgan fingerprint density at radius 1 is 1.12 bits per heavy atom. The molecule has 6 heteroatoms. The SMILES string of the molecule is COc1cc(OC)cc(-c2n[nH]c(Cl)n2)c1. The molecule has 0 amide bonds. The van der Waals surface area contributed by atoms with Crippen LogP contribution in [0.5, 0.6) is 11.5 Å². The second kappa shape index (κ2) is 4.40. The molecule has 0 bridgehead atoms. The summed E-state index contributed by atoms with van der Waals surface area (Å²) in [5, 5.41) is 6.77. The lowest BCUT2D eigenvalue weighted by Gasteiger charge is -2.05. The number of benzene rings is 1. The van der Waals surface area contributed by atoms with Gasteiger partial charge in [-0.25, -0.2) is 5.10 Å². The summed E-state index contributed by atoms with van der Waals surface area (Å²) in [6.45, 7) is 0. The number of rotatable bonds is 3. The summed E-state index contributed by atoms with van der Waals surface area (Å²) in [6.07, 6.45) is 0. The Labute approximate surface area is 97.4 Å². The molecule has 16 heavy (non-hydrogen) atoms. The average molecular weight is 240 g/mol. The number of ether oxygens (including phenoxy) is 2. The van der Waals surface area contributed by atoms with Crippen molar-refractivity contribution >= 4 is 11.6 Å². The molecular formula is C10H10ClN3O2. The van der Waals surface area contributed by atoms with E-state index in [9.17, 15) is 0 Å². The van der Waals surface area contributed by atoms with E-state index >= 15 is 0 Å². The predicted molar refractivity (Wildman–Crippen MR) is 59.9 cm³/mol. The highest BCUT2D eigenvalue weighted by molar-refractivity contribution is 6.28. The van der Waals surface area contributed by atoms with Gasteiger partial charge in [-0.1, -0.05) is 0 Å². The van der Waals surface area contributed by atoms with Gasteiger partial charge in [0.25, 0.3) is 0 Å². The molecule has 1 heterocycles. The Morgan fingerprint density at radius 3 is 2.19 bits per heavy atom. The quantitative estimate of drug-likeness (QED) is 0.892. The highest BCUT2D eigenvalue weighted by Crippen LogP contribution is 2.27. The maximum atomic E-state index is 5.67. The van der Waals surface area contributed by atoms with Crippen molar-refractivity contribution in [3.05, 3.63) is 23.5 Å². The first-order chi connectivity index (χ1) is 7.72. The van der Waals surface area contributed by atoms with Gasteiger partial charge in [0.2, 0.25) is 5.28 Å². The number of aromatic amines is 1. The molecular weight excluding hydrogens is 230 g/mol. The molecule has 0 radical (unpaired) electrons. The van der Waals surface area contributed by atoms with Crippen LogP contribution in [0.4, 0.5) is 0 Å². The number of hydrogen-bond acceptors (Lipinski definition) is 4. The third-order valence-corrected chi connectivity index (χ3v) is 2.24. The summed E-state index contributed by atoms with van der Waals surface area (Å²) in [5.41, 5.74) is 0.777. The summed E-state index contributed by atoms with van der Waals surface area (Å²) in [7, 11) is 3.17. The van der Waals surface area contributed by atoms with Gasteiger partial charge in [-0.15, -0.1) is 0 Å². The zero-order valence-electron chi connectivity index (χ0n) is 8.82. The molecule has 0 spiro atoms. The summed E-state index contributed by atoms with van der Waals surface area (Å²) >= 11 is 5.67. The van der Waals surface area contributed by atoms with Gasteiger partial charge in [-0.2, -0.15) is 10.1 Å². The largest absolute Gasteiger partial charge is 0.497 e. The van der Waals surface area contributed by atoms with Crippen LogP contribution in [-0.2, 0) is 0 Å². The van der Waals surface area contributed by atoms with Crippen molar-refractivity contribution in [1.82, 2.24) is 15.2 Å². The fourth-order valence-corrected chi connectivity index (χ4v) is 1.43. The second-order valence-corrected chi connectivity index (χ2v) is 3.41. The van der Waals surface area contributed by atoms with Crippen molar-refractivity contribution < 1.29 is 9.47 Å². The minimum Gasteiger partial charge on any atom is -0.497 e. The molecule has 0 aliphatic rings. The van der Waals surface area contributed by atoms with Crippen LogP contribution in [0.1, 0.15) is 0 Å². The maximum Gasteiger partial charge on any atom is 0.218 e. The molecule has 0 saturated heterocycles. The number of nitrogens with zero attached hydrogens (tertiary/aromatic N) is 2. The number of nitrogens with one attached hydrogen (secondary N) is 1. The van der Waals surface area contributed by atoms with Gasteiger partial charge in [-0.3, -0.25) is 0 Å². The van der Waals surface area contributed by atoms with Crippen molar-refractivity contribution in [3.8, 4) is 22.9 Å². The molecule has 0 fully saturated rings. The lowest BCUT2D eigenvalue weighted by atomic mass is 10.2. The third-order valence-electron chi connectivity index (χ3n) is 2.07. The number of H-pyrrole nitrogens is 1. The van der Waals surface area contributed by atoms with Gasteiger partial charge in [0.1, 0.15) is 11.5 Å². The summed E-state index contributed by atoms with van der Waals surface area (Å²) < 4.78 is 10.3. The molecule has 1 aromatic heterocycles. The standard InChI is InChI=1S/C10H10ClN3O2/c1-15-7-3-6(4-8(5-7)16-2)9-12-10(11)14-13-9/h3-5H,1-2H3,(H,12,13,14).